The minimum absolute atomic E-state index is 0.0866. The predicted octanol–water partition coefficient (Wildman–Crippen LogP) is 3.18. The Balaban J connectivity index is 2.16. The maximum Gasteiger partial charge on any atom is 0.251 e. The van der Waals surface area contributed by atoms with Crippen molar-refractivity contribution in [2.45, 2.75) is 25.9 Å². The Labute approximate surface area is 131 Å². The molecule has 0 radical (unpaired) electrons. The van der Waals surface area contributed by atoms with Crippen molar-refractivity contribution in [1.82, 2.24) is 0 Å². The quantitative estimate of drug-likeness (QED) is 0.888. The third kappa shape index (κ3) is 3.71. The number of rotatable bonds is 5. The van der Waals surface area contributed by atoms with E-state index in [4.69, 9.17) is 5.73 Å². The van der Waals surface area contributed by atoms with E-state index in [2.05, 4.69) is 0 Å². The van der Waals surface area contributed by atoms with Crippen LogP contribution in [0.15, 0.2) is 30.3 Å². The van der Waals surface area contributed by atoms with Gasteiger partial charge in [-0.25, -0.2) is 13.2 Å². The summed E-state index contributed by atoms with van der Waals surface area (Å²) in [6.07, 6.45) is -0.877. The van der Waals surface area contributed by atoms with Gasteiger partial charge in [-0.15, -0.1) is 0 Å². The Morgan fingerprint density at radius 3 is 2.48 bits per heavy atom. The summed E-state index contributed by atoms with van der Waals surface area (Å²) in [6, 6.07) is 6.17. The number of benzene rings is 2. The summed E-state index contributed by atoms with van der Waals surface area (Å²) in [4.78, 5) is 11.3. The molecule has 0 saturated heterocycles. The van der Waals surface area contributed by atoms with Gasteiger partial charge in [0.1, 0.15) is 5.82 Å². The van der Waals surface area contributed by atoms with E-state index in [1.807, 2.05) is 0 Å². The van der Waals surface area contributed by atoms with Crippen LogP contribution in [-0.4, -0.2) is 11.0 Å². The normalized spacial score (nSPS) is 12.2. The lowest BCUT2D eigenvalue weighted by Crippen LogP contribution is -2.16. The molecule has 0 bridgehead atoms. The molecule has 3 N–H and O–H groups in total. The number of hydrogen-bond acceptors (Lipinski definition) is 2. The molecule has 0 aliphatic carbocycles. The maximum atomic E-state index is 14.3. The fourth-order valence-electron chi connectivity index (χ4n) is 2.39. The van der Waals surface area contributed by atoms with E-state index < -0.39 is 29.5 Å². The van der Waals surface area contributed by atoms with E-state index >= 15 is 0 Å². The van der Waals surface area contributed by atoms with Crippen LogP contribution < -0.4 is 5.73 Å². The molecule has 0 aliphatic rings. The first-order valence-electron chi connectivity index (χ1n) is 7.02. The summed E-state index contributed by atoms with van der Waals surface area (Å²) in [7, 11) is 0. The van der Waals surface area contributed by atoms with Crippen molar-refractivity contribution < 1.29 is 23.1 Å². The molecule has 2 aromatic rings. The number of nitrogens with two attached hydrogens (primary N) is 1. The van der Waals surface area contributed by atoms with Crippen molar-refractivity contribution in [3.63, 3.8) is 0 Å². The number of carbonyl (C=O) groups excluding carboxylic acids is 1. The topological polar surface area (TPSA) is 63.3 Å². The van der Waals surface area contributed by atoms with E-state index in [1.165, 1.54) is 12.1 Å². The molecule has 122 valence electrons. The fourth-order valence-corrected chi connectivity index (χ4v) is 2.39. The van der Waals surface area contributed by atoms with E-state index in [0.29, 0.717) is 5.56 Å². The van der Waals surface area contributed by atoms with Gasteiger partial charge in [0.2, 0.25) is 0 Å². The lowest BCUT2D eigenvalue weighted by Gasteiger charge is -2.13. The summed E-state index contributed by atoms with van der Waals surface area (Å²) in [6.45, 7) is 1.57. The van der Waals surface area contributed by atoms with E-state index in [0.717, 1.165) is 12.1 Å². The van der Waals surface area contributed by atoms with Gasteiger partial charge in [-0.05, 0) is 48.6 Å². The standard InChI is InChI=1S/C17H16F3NO2/c1-9-2-3-10(16(20)15(9)17(21)23)5-7-14(22)11-4-6-12(18)13(19)8-11/h2-4,6,8,14,22H,5,7H2,1H3,(H2,21,23). The molecule has 2 rings (SSSR count). The maximum absolute atomic E-state index is 14.3. The average Bonchev–Trinajstić information content (AvgIpc) is 2.48. The average molecular weight is 323 g/mol. The molecule has 1 amide bonds. The van der Waals surface area contributed by atoms with Crippen LogP contribution in [0.5, 0.6) is 0 Å². The molecule has 23 heavy (non-hydrogen) atoms. The van der Waals surface area contributed by atoms with Crippen molar-refractivity contribution >= 4 is 5.91 Å². The number of hydrogen-bond donors (Lipinski definition) is 2. The molecule has 2 aromatic carbocycles. The van der Waals surface area contributed by atoms with E-state index in [1.54, 1.807) is 13.0 Å². The largest absolute Gasteiger partial charge is 0.388 e. The van der Waals surface area contributed by atoms with Crippen molar-refractivity contribution in [1.29, 1.82) is 0 Å². The van der Waals surface area contributed by atoms with Crippen LogP contribution >= 0.6 is 0 Å². The molecule has 1 atom stereocenters. The Hall–Kier alpha value is -2.34. The van der Waals surface area contributed by atoms with Gasteiger partial charge in [-0.3, -0.25) is 4.79 Å². The third-order valence-corrected chi connectivity index (χ3v) is 3.69. The highest BCUT2D eigenvalue weighted by molar-refractivity contribution is 5.94. The van der Waals surface area contributed by atoms with Crippen LogP contribution in [0.4, 0.5) is 13.2 Å². The molecular weight excluding hydrogens is 307 g/mol. The molecule has 0 spiro atoms. The molecule has 0 fully saturated rings. The summed E-state index contributed by atoms with van der Waals surface area (Å²) >= 11 is 0. The van der Waals surface area contributed by atoms with E-state index in [-0.39, 0.29) is 29.5 Å². The van der Waals surface area contributed by atoms with E-state index in [9.17, 15) is 23.1 Å². The number of aryl methyl sites for hydroxylation is 2. The second-order valence-corrected chi connectivity index (χ2v) is 5.32. The second kappa shape index (κ2) is 6.83. The Morgan fingerprint density at radius 1 is 1.17 bits per heavy atom. The van der Waals surface area contributed by atoms with Crippen molar-refractivity contribution in [3.05, 3.63) is 70.0 Å². The summed E-state index contributed by atoms with van der Waals surface area (Å²) in [5.74, 6) is -3.63. The molecule has 0 heterocycles. The zero-order valence-corrected chi connectivity index (χ0v) is 12.4. The van der Waals surface area contributed by atoms with Gasteiger partial charge in [0.25, 0.3) is 5.91 Å². The molecule has 1 unspecified atom stereocenters. The first kappa shape index (κ1) is 17.0. The van der Waals surface area contributed by atoms with Crippen LogP contribution in [0, 0.1) is 24.4 Å². The van der Waals surface area contributed by atoms with Gasteiger partial charge in [0.05, 0.1) is 11.7 Å². The lowest BCUT2D eigenvalue weighted by molar-refractivity contribution is 0.0995. The predicted molar refractivity (Wildman–Crippen MR) is 79.3 cm³/mol. The first-order valence-corrected chi connectivity index (χ1v) is 7.02. The Bertz CT molecular complexity index is 747. The molecule has 6 heteroatoms. The highest BCUT2D eigenvalue weighted by atomic mass is 19.2. The first-order chi connectivity index (χ1) is 10.8. The van der Waals surface area contributed by atoms with Crippen molar-refractivity contribution in [2.24, 2.45) is 5.73 Å². The van der Waals surface area contributed by atoms with Gasteiger partial charge in [0, 0.05) is 0 Å². The zero-order chi connectivity index (χ0) is 17.1. The van der Waals surface area contributed by atoms with Crippen LogP contribution in [0.25, 0.3) is 0 Å². The van der Waals surface area contributed by atoms with Crippen molar-refractivity contribution in [3.8, 4) is 0 Å². The van der Waals surface area contributed by atoms with Crippen LogP contribution in [0.3, 0.4) is 0 Å². The van der Waals surface area contributed by atoms with Crippen LogP contribution in [0.1, 0.15) is 39.6 Å². The van der Waals surface area contributed by atoms with Crippen molar-refractivity contribution in [2.75, 3.05) is 0 Å². The minimum Gasteiger partial charge on any atom is -0.388 e. The minimum atomic E-state index is -1.08. The number of aliphatic hydroxyl groups is 1. The Morgan fingerprint density at radius 2 is 1.87 bits per heavy atom. The van der Waals surface area contributed by atoms with Gasteiger partial charge in [-0.2, -0.15) is 0 Å². The molecular formula is C17H16F3NO2. The fraction of sp³-hybridized carbons (Fsp3) is 0.235. The van der Waals surface area contributed by atoms with Gasteiger partial charge >= 0.3 is 0 Å². The third-order valence-electron chi connectivity index (χ3n) is 3.69. The monoisotopic (exact) mass is 323 g/mol. The SMILES string of the molecule is Cc1ccc(CCC(O)c2ccc(F)c(F)c2)c(F)c1C(N)=O. The molecule has 0 saturated carbocycles. The number of amides is 1. The summed E-state index contributed by atoms with van der Waals surface area (Å²) in [5.41, 5.74) is 5.84. The summed E-state index contributed by atoms with van der Waals surface area (Å²) < 4.78 is 40.3. The van der Waals surface area contributed by atoms with Crippen LogP contribution in [0.2, 0.25) is 0 Å². The van der Waals surface area contributed by atoms with Gasteiger partial charge in [-0.1, -0.05) is 18.2 Å². The molecule has 0 aromatic heterocycles. The smallest absolute Gasteiger partial charge is 0.251 e. The second-order valence-electron chi connectivity index (χ2n) is 5.32. The number of carbonyl (C=O) groups is 1. The van der Waals surface area contributed by atoms with Gasteiger partial charge in [0.15, 0.2) is 11.6 Å². The number of halogens is 3. The lowest BCUT2D eigenvalue weighted by atomic mass is 9.97. The molecule has 0 aliphatic heterocycles. The number of aliphatic hydroxyl groups excluding tert-OH is 1. The highest BCUT2D eigenvalue weighted by Gasteiger charge is 2.17. The van der Waals surface area contributed by atoms with Crippen LogP contribution in [-0.2, 0) is 6.42 Å². The molecule has 3 nitrogen and oxygen atoms in total. The number of primary amides is 1. The summed E-state index contributed by atoms with van der Waals surface area (Å²) in [5, 5.41) is 10.0. The van der Waals surface area contributed by atoms with Gasteiger partial charge < -0.3 is 10.8 Å². The Kier molecular flexibility index (Phi) is 5.05. The highest BCUT2D eigenvalue weighted by Crippen LogP contribution is 2.24. The zero-order valence-electron chi connectivity index (χ0n) is 12.4.